The molecule has 0 amide bonds. The van der Waals surface area contributed by atoms with Crippen molar-refractivity contribution in [3.63, 3.8) is 0 Å². The summed E-state index contributed by atoms with van der Waals surface area (Å²) in [5.74, 6) is 2.63. The lowest BCUT2D eigenvalue weighted by atomic mass is 10.3. The first-order valence-electron chi connectivity index (χ1n) is 13.1. The standard InChI is InChI=1S/C30H36Br2O6S6/c1-39-19-7-25(41-3)29(26(8-19)42-4)37-15-17(33)13-35-23-11-22(32)24(12-21(23)31)36-14-18(34)16-38-30-27(43-5)9-20(40-2)10-28(30)44-6/h7-12,17-18,33-34H,13-16H2,1-6H3. The van der Waals surface area contributed by atoms with Crippen LogP contribution in [0, 0.1) is 0 Å². The molecule has 6 nitrogen and oxygen atoms in total. The molecule has 0 aliphatic heterocycles. The van der Waals surface area contributed by atoms with E-state index < -0.39 is 12.2 Å². The average Bonchev–Trinajstić information content (AvgIpc) is 3.04. The normalized spacial score (nSPS) is 12.6. The van der Waals surface area contributed by atoms with Gasteiger partial charge in [0.2, 0.25) is 0 Å². The van der Waals surface area contributed by atoms with Gasteiger partial charge in [-0.1, -0.05) is 0 Å². The van der Waals surface area contributed by atoms with Gasteiger partial charge in [-0.15, -0.1) is 70.6 Å². The largest absolute Gasteiger partial charge is 0.490 e. The van der Waals surface area contributed by atoms with Gasteiger partial charge in [0.05, 0.1) is 28.5 Å². The lowest BCUT2D eigenvalue weighted by Gasteiger charge is -2.19. The minimum absolute atomic E-state index is 0.0430. The predicted octanol–water partition coefficient (Wildman–Crippen LogP) is 9.18. The number of aliphatic hydroxyl groups excluding tert-OH is 2. The topological polar surface area (TPSA) is 77.4 Å². The first-order valence-corrected chi connectivity index (χ1v) is 22.1. The quantitative estimate of drug-likeness (QED) is 0.120. The molecule has 0 aliphatic carbocycles. The highest BCUT2D eigenvalue weighted by Gasteiger charge is 2.18. The van der Waals surface area contributed by atoms with Crippen LogP contribution >= 0.6 is 102 Å². The Balaban J connectivity index is 1.54. The Kier molecular flexibility index (Phi) is 17.1. The van der Waals surface area contributed by atoms with Gasteiger partial charge in [0, 0.05) is 9.79 Å². The Morgan fingerprint density at radius 2 is 0.795 bits per heavy atom. The summed E-state index contributed by atoms with van der Waals surface area (Å²) in [4.78, 5) is 6.49. The molecule has 242 valence electrons. The SMILES string of the molecule is CSc1cc(SC)c(OCC(O)COc2cc(Br)c(OCC(O)COc3c(SC)cc(SC)cc3SC)cc2Br)c(SC)c1. The molecule has 2 unspecified atom stereocenters. The first kappa shape index (κ1) is 38.3. The van der Waals surface area contributed by atoms with E-state index in [1.807, 2.05) is 25.0 Å². The molecular weight excluding hydrogens is 809 g/mol. The van der Waals surface area contributed by atoms with Crippen LogP contribution in [0.3, 0.4) is 0 Å². The zero-order valence-corrected chi connectivity index (χ0v) is 33.3. The molecule has 3 rings (SSSR count). The fourth-order valence-corrected chi connectivity index (χ4v) is 8.43. The molecule has 0 spiro atoms. The van der Waals surface area contributed by atoms with Crippen molar-refractivity contribution in [2.24, 2.45) is 0 Å². The molecule has 0 saturated carbocycles. The summed E-state index contributed by atoms with van der Waals surface area (Å²) in [7, 11) is 0. The fraction of sp³-hybridized carbons (Fsp3) is 0.400. The zero-order chi connectivity index (χ0) is 32.2. The van der Waals surface area contributed by atoms with Crippen molar-refractivity contribution in [1.82, 2.24) is 0 Å². The predicted molar refractivity (Wildman–Crippen MR) is 199 cm³/mol. The summed E-state index contributed by atoms with van der Waals surface area (Å²) in [6.45, 7) is 0.277. The number of benzene rings is 3. The van der Waals surface area contributed by atoms with Crippen molar-refractivity contribution >= 4 is 102 Å². The molecular formula is C30H36Br2O6S6. The molecule has 0 aliphatic rings. The zero-order valence-electron chi connectivity index (χ0n) is 25.2. The summed E-state index contributed by atoms with van der Waals surface area (Å²) in [6.07, 6.45) is 10.5. The maximum Gasteiger partial charge on any atom is 0.146 e. The highest BCUT2D eigenvalue weighted by molar-refractivity contribution is 9.11. The Morgan fingerprint density at radius 3 is 1.07 bits per heavy atom. The van der Waals surface area contributed by atoms with E-state index in [2.05, 4.69) is 68.6 Å². The summed E-state index contributed by atoms with van der Waals surface area (Å²) in [5.41, 5.74) is 0. The number of ether oxygens (including phenoxy) is 4. The summed E-state index contributed by atoms with van der Waals surface area (Å²) < 4.78 is 25.2. The molecule has 2 atom stereocenters. The summed E-state index contributed by atoms with van der Waals surface area (Å²) in [5, 5.41) is 21.2. The number of thioether (sulfide) groups is 6. The number of hydrogen-bond acceptors (Lipinski definition) is 12. The number of rotatable bonds is 18. The molecule has 14 heteroatoms. The molecule has 0 heterocycles. The molecule has 0 fully saturated rings. The second-order valence-corrected chi connectivity index (χ2v) is 15.8. The van der Waals surface area contributed by atoms with Gasteiger partial charge in [-0.05, 0) is 106 Å². The van der Waals surface area contributed by atoms with Crippen LogP contribution in [0.15, 0.2) is 74.7 Å². The molecule has 3 aromatic carbocycles. The fourth-order valence-electron chi connectivity index (χ4n) is 3.79. The molecule has 0 radical (unpaired) electrons. The lowest BCUT2D eigenvalue weighted by molar-refractivity contribution is 0.0589. The third-order valence-corrected chi connectivity index (χ3v) is 11.7. The van der Waals surface area contributed by atoms with Gasteiger partial charge < -0.3 is 29.2 Å². The average molecular weight is 845 g/mol. The summed E-state index contributed by atoms with van der Waals surface area (Å²) >= 11 is 16.9. The van der Waals surface area contributed by atoms with E-state index >= 15 is 0 Å². The van der Waals surface area contributed by atoms with Crippen molar-refractivity contribution in [3.8, 4) is 23.0 Å². The van der Waals surface area contributed by atoms with Crippen LogP contribution in [0.2, 0.25) is 0 Å². The van der Waals surface area contributed by atoms with Crippen molar-refractivity contribution in [2.75, 3.05) is 64.0 Å². The Labute approximate surface area is 302 Å². The van der Waals surface area contributed by atoms with E-state index in [-0.39, 0.29) is 26.4 Å². The van der Waals surface area contributed by atoms with Crippen molar-refractivity contribution in [2.45, 2.75) is 41.6 Å². The monoisotopic (exact) mass is 842 g/mol. The Bertz CT molecular complexity index is 1230. The smallest absolute Gasteiger partial charge is 0.146 e. The van der Waals surface area contributed by atoms with Crippen LogP contribution in [-0.4, -0.2) is 86.4 Å². The molecule has 0 aromatic heterocycles. The maximum absolute atomic E-state index is 10.6. The number of aliphatic hydroxyl groups is 2. The Hall–Kier alpha value is -0.160. The molecule has 0 bridgehead atoms. The minimum Gasteiger partial charge on any atom is -0.490 e. The molecule has 0 saturated heterocycles. The van der Waals surface area contributed by atoms with Gasteiger partial charge in [-0.3, -0.25) is 0 Å². The summed E-state index contributed by atoms with van der Waals surface area (Å²) in [6, 6.07) is 11.9. The van der Waals surface area contributed by atoms with Gasteiger partial charge in [0.1, 0.15) is 61.6 Å². The van der Waals surface area contributed by atoms with E-state index in [0.717, 1.165) is 31.1 Å². The molecule has 3 aromatic rings. The van der Waals surface area contributed by atoms with Gasteiger partial charge in [-0.2, -0.15) is 0 Å². The highest BCUT2D eigenvalue weighted by Crippen LogP contribution is 2.41. The van der Waals surface area contributed by atoms with Gasteiger partial charge in [0.15, 0.2) is 0 Å². The second-order valence-electron chi connectivity index (χ2n) is 8.99. The van der Waals surface area contributed by atoms with Crippen LogP contribution in [-0.2, 0) is 0 Å². The van der Waals surface area contributed by atoms with E-state index in [9.17, 15) is 10.2 Å². The van der Waals surface area contributed by atoms with E-state index in [0.29, 0.717) is 20.4 Å². The third kappa shape index (κ3) is 10.9. The number of halogens is 2. The molecule has 2 N–H and O–H groups in total. The Morgan fingerprint density at radius 1 is 0.500 bits per heavy atom. The van der Waals surface area contributed by atoms with E-state index in [1.54, 1.807) is 82.7 Å². The van der Waals surface area contributed by atoms with Gasteiger partial charge >= 0.3 is 0 Å². The minimum atomic E-state index is -0.841. The van der Waals surface area contributed by atoms with Crippen LogP contribution in [0.4, 0.5) is 0 Å². The maximum atomic E-state index is 10.6. The lowest BCUT2D eigenvalue weighted by Crippen LogP contribution is -2.26. The van der Waals surface area contributed by atoms with E-state index in [4.69, 9.17) is 18.9 Å². The third-order valence-electron chi connectivity index (χ3n) is 6.03. The van der Waals surface area contributed by atoms with Crippen LogP contribution in [0.1, 0.15) is 0 Å². The van der Waals surface area contributed by atoms with Crippen molar-refractivity contribution in [1.29, 1.82) is 0 Å². The van der Waals surface area contributed by atoms with E-state index in [1.165, 1.54) is 9.79 Å². The van der Waals surface area contributed by atoms with Gasteiger partial charge in [0.25, 0.3) is 0 Å². The molecule has 44 heavy (non-hydrogen) atoms. The van der Waals surface area contributed by atoms with Crippen LogP contribution in [0.25, 0.3) is 0 Å². The van der Waals surface area contributed by atoms with Gasteiger partial charge in [-0.25, -0.2) is 0 Å². The van der Waals surface area contributed by atoms with Crippen LogP contribution in [0.5, 0.6) is 23.0 Å². The first-order chi connectivity index (χ1) is 21.2. The highest BCUT2D eigenvalue weighted by atomic mass is 79.9. The van der Waals surface area contributed by atoms with Crippen LogP contribution < -0.4 is 18.9 Å². The van der Waals surface area contributed by atoms with Crippen molar-refractivity contribution < 1.29 is 29.2 Å². The second kappa shape index (κ2) is 19.6. The number of hydrogen-bond donors (Lipinski definition) is 2. The van der Waals surface area contributed by atoms with Crippen molar-refractivity contribution in [3.05, 3.63) is 45.3 Å².